The monoisotopic (exact) mass is 182 g/mol. The van der Waals surface area contributed by atoms with Crippen LogP contribution in [0.4, 0.5) is 0 Å². The van der Waals surface area contributed by atoms with Crippen molar-refractivity contribution in [3.8, 4) is 0 Å². The fraction of sp³-hybridized carbons (Fsp3) is 0. The summed E-state index contributed by atoms with van der Waals surface area (Å²) in [7, 11) is 0. The Morgan fingerprint density at radius 3 is 1.22 bits per heavy atom. The number of rotatable bonds is 2. The van der Waals surface area contributed by atoms with E-state index in [-0.39, 0.29) is 11.0 Å². The van der Waals surface area contributed by atoms with Crippen LogP contribution in [0.3, 0.4) is 0 Å². The van der Waals surface area contributed by atoms with E-state index in [0.29, 0.717) is 0 Å². The average Bonchev–Trinajstić information content (AvgIpc) is 1.27. The van der Waals surface area contributed by atoms with Crippen LogP contribution in [0.2, 0.25) is 0 Å². The van der Waals surface area contributed by atoms with Crippen LogP contribution in [0.15, 0.2) is 0 Å². The minimum atomic E-state index is -2.65. The lowest BCUT2D eigenvalue weighted by atomic mass is 15.8. The standard InChI is InChI=1S/H2O5S2.2H2O/c1-6(2)5-7(3)4;;/h(H,1,2)(H,3,4);2*1H2. The lowest BCUT2D eigenvalue weighted by Gasteiger charge is -1.82. The highest BCUT2D eigenvalue weighted by molar-refractivity contribution is 7.87. The summed E-state index contributed by atoms with van der Waals surface area (Å²) in [6.07, 6.45) is 0. The van der Waals surface area contributed by atoms with Gasteiger partial charge in [0.1, 0.15) is 0 Å². The molecule has 0 aromatic heterocycles. The molecule has 0 aliphatic heterocycles. The van der Waals surface area contributed by atoms with Gasteiger partial charge in [-0.1, -0.05) is 0 Å². The number of hydrogen-bond donors (Lipinski definition) is 2. The summed E-state index contributed by atoms with van der Waals surface area (Å²) >= 11 is -5.29. The van der Waals surface area contributed by atoms with E-state index in [1.54, 1.807) is 0 Å². The molecule has 0 unspecified atom stereocenters. The van der Waals surface area contributed by atoms with Crippen LogP contribution in [0.25, 0.3) is 0 Å². The molecule has 0 aromatic rings. The van der Waals surface area contributed by atoms with E-state index in [1.807, 2.05) is 0 Å². The van der Waals surface area contributed by atoms with Crippen molar-refractivity contribution in [3.05, 3.63) is 0 Å². The second-order valence-corrected chi connectivity index (χ2v) is 1.92. The SMILES string of the molecule is O.O.O=S(O)OS(=O)O. The van der Waals surface area contributed by atoms with Crippen LogP contribution in [-0.2, 0) is 26.4 Å². The third-order valence-electron chi connectivity index (χ3n) is 0.116. The van der Waals surface area contributed by atoms with Crippen LogP contribution < -0.4 is 0 Å². The van der Waals surface area contributed by atoms with Crippen LogP contribution in [-0.4, -0.2) is 28.5 Å². The van der Waals surface area contributed by atoms with Crippen LogP contribution >= 0.6 is 0 Å². The summed E-state index contributed by atoms with van der Waals surface area (Å²) in [4.78, 5) is 0. The van der Waals surface area contributed by atoms with Crippen LogP contribution in [0.5, 0.6) is 0 Å². The van der Waals surface area contributed by atoms with E-state index >= 15 is 0 Å². The summed E-state index contributed by atoms with van der Waals surface area (Å²) in [6.45, 7) is 0. The fourth-order valence-electron chi connectivity index (χ4n) is 0.0498. The van der Waals surface area contributed by atoms with Gasteiger partial charge in [0.25, 0.3) is 0 Å². The molecule has 0 spiro atoms. The Hall–Kier alpha value is 0.1000. The third-order valence-corrected chi connectivity index (χ3v) is 1.05. The molecule has 0 atom stereocenters. The van der Waals surface area contributed by atoms with Crippen molar-refractivity contribution in [2.45, 2.75) is 0 Å². The first-order chi connectivity index (χ1) is 3.13. The molecule has 9 heavy (non-hydrogen) atoms. The predicted molar refractivity (Wildman–Crippen MR) is 29.9 cm³/mol. The highest BCUT2D eigenvalue weighted by Gasteiger charge is 1.95. The zero-order chi connectivity index (χ0) is 5.86. The van der Waals surface area contributed by atoms with Crippen molar-refractivity contribution in [1.82, 2.24) is 0 Å². The minimum Gasteiger partial charge on any atom is -0.412 e. The highest BCUT2D eigenvalue weighted by atomic mass is 32.3. The van der Waals surface area contributed by atoms with E-state index in [4.69, 9.17) is 9.11 Å². The first-order valence-electron chi connectivity index (χ1n) is 1.03. The quantitative estimate of drug-likeness (QED) is 0.458. The molecule has 7 nitrogen and oxygen atoms in total. The molecule has 0 aromatic carbocycles. The van der Waals surface area contributed by atoms with Gasteiger partial charge in [0.2, 0.25) is 0 Å². The minimum absolute atomic E-state index is 0. The molecular formula is H6O7S2. The molecule has 9 heteroatoms. The van der Waals surface area contributed by atoms with Crippen molar-refractivity contribution in [2.75, 3.05) is 0 Å². The van der Waals surface area contributed by atoms with Crippen molar-refractivity contribution < 1.29 is 32.1 Å². The first-order valence-corrected chi connectivity index (χ1v) is 3.10. The smallest absolute Gasteiger partial charge is 0.317 e. The van der Waals surface area contributed by atoms with E-state index in [1.165, 1.54) is 0 Å². The van der Waals surface area contributed by atoms with Gasteiger partial charge in [-0.25, -0.2) is 0 Å². The molecule has 0 saturated carbocycles. The maximum atomic E-state index is 9.35. The fourth-order valence-corrected chi connectivity index (χ4v) is 0.448. The van der Waals surface area contributed by atoms with Gasteiger partial charge in [0.15, 0.2) is 0 Å². The Balaban J connectivity index is -0.000000180. The van der Waals surface area contributed by atoms with Gasteiger partial charge in [0, 0.05) is 0 Å². The van der Waals surface area contributed by atoms with Crippen molar-refractivity contribution in [2.24, 2.45) is 0 Å². The normalized spacial score (nSPS) is 14.4. The third kappa shape index (κ3) is 17.9. The largest absolute Gasteiger partial charge is 0.412 e. The van der Waals surface area contributed by atoms with Gasteiger partial charge in [-0.15, -0.1) is 3.63 Å². The molecule has 0 fully saturated rings. The second kappa shape index (κ2) is 8.10. The first kappa shape index (κ1) is 16.0. The lowest BCUT2D eigenvalue weighted by Crippen LogP contribution is -1.96. The van der Waals surface area contributed by atoms with Crippen LogP contribution in [0, 0.1) is 0 Å². The van der Waals surface area contributed by atoms with Gasteiger partial charge in [0.05, 0.1) is 0 Å². The average molecular weight is 182 g/mol. The van der Waals surface area contributed by atoms with Gasteiger partial charge in [-0.2, -0.15) is 8.42 Å². The predicted octanol–water partition coefficient (Wildman–Crippen LogP) is -2.37. The Morgan fingerprint density at radius 1 is 1.00 bits per heavy atom. The van der Waals surface area contributed by atoms with E-state index in [9.17, 15) is 8.42 Å². The van der Waals surface area contributed by atoms with Crippen molar-refractivity contribution in [1.29, 1.82) is 0 Å². The van der Waals surface area contributed by atoms with Gasteiger partial charge < -0.3 is 11.0 Å². The summed E-state index contributed by atoms with van der Waals surface area (Å²) in [5, 5.41) is 0. The lowest BCUT2D eigenvalue weighted by molar-refractivity contribution is 0.427. The van der Waals surface area contributed by atoms with Gasteiger partial charge >= 0.3 is 22.7 Å². The molecule has 0 aliphatic rings. The topological polar surface area (TPSA) is 147 Å². The molecule has 0 saturated heterocycles. The van der Waals surface area contributed by atoms with Crippen LogP contribution in [0.1, 0.15) is 0 Å². The Morgan fingerprint density at radius 2 is 1.22 bits per heavy atom. The molecular weight excluding hydrogens is 176 g/mol. The zero-order valence-electron chi connectivity index (χ0n) is 3.94. The van der Waals surface area contributed by atoms with E-state index in [0.717, 1.165) is 0 Å². The van der Waals surface area contributed by atoms with Gasteiger partial charge in [-0.05, 0) is 0 Å². The maximum absolute atomic E-state index is 9.35. The summed E-state index contributed by atoms with van der Waals surface area (Å²) in [6, 6.07) is 0. The molecule has 0 aliphatic carbocycles. The van der Waals surface area contributed by atoms with Crippen molar-refractivity contribution in [3.63, 3.8) is 0 Å². The van der Waals surface area contributed by atoms with Gasteiger partial charge in [-0.3, -0.25) is 9.11 Å². The molecule has 0 heterocycles. The summed E-state index contributed by atoms with van der Waals surface area (Å²) in [5.41, 5.74) is 0. The highest BCUT2D eigenvalue weighted by Crippen LogP contribution is 1.79. The zero-order valence-corrected chi connectivity index (χ0v) is 5.57. The van der Waals surface area contributed by atoms with Crippen molar-refractivity contribution >= 4 is 22.7 Å². The van der Waals surface area contributed by atoms with E-state index in [2.05, 4.69) is 3.63 Å². The molecule has 0 radical (unpaired) electrons. The second-order valence-electron chi connectivity index (χ2n) is 0.502. The maximum Gasteiger partial charge on any atom is 0.317 e. The Labute approximate surface area is 55.6 Å². The summed E-state index contributed by atoms with van der Waals surface area (Å²) < 4.78 is 37.2. The summed E-state index contributed by atoms with van der Waals surface area (Å²) in [5.74, 6) is 0. The Bertz CT molecular complexity index is 83.1. The molecule has 0 amide bonds. The van der Waals surface area contributed by atoms with E-state index < -0.39 is 22.7 Å². The molecule has 0 bridgehead atoms. The molecule has 0 rings (SSSR count). The Kier molecular flexibility index (Phi) is 14.4. The number of hydrogen-bond acceptors (Lipinski definition) is 3. The molecule has 60 valence electrons. The molecule has 6 N–H and O–H groups in total.